The first kappa shape index (κ1) is 14.2. The molecule has 0 aliphatic heterocycles. The molecule has 96 valence electrons. The second-order valence-corrected chi connectivity index (χ2v) is 5.46. The molecule has 1 nitrogen and oxygen atoms in total. The molecule has 0 fully saturated rings. The van der Waals surface area contributed by atoms with Crippen LogP contribution in [0.25, 0.3) is 0 Å². The first-order valence-corrected chi connectivity index (χ1v) is 6.97. The lowest BCUT2D eigenvalue weighted by Crippen LogP contribution is -2.42. The van der Waals surface area contributed by atoms with Gasteiger partial charge in [0.25, 0.3) is 0 Å². The van der Waals surface area contributed by atoms with Crippen molar-refractivity contribution in [1.82, 2.24) is 0 Å². The fourth-order valence-electron chi connectivity index (χ4n) is 2.08. The summed E-state index contributed by atoms with van der Waals surface area (Å²) in [5.74, 6) is 0.683. The highest BCUT2D eigenvalue weighted by molar-refractivity contribution is 5.24. The third-order valence-corrected chi connectivity index (χ3v) is 4.25. The van der Waals surface area contributed by atoms with Crippen LogP contribution in [0.2, 0.25) is 0 Å². The van der Waals surface area contributed by atoms with Crippen molar-refractivity contribution in [2.75, 3.05) is 20.1 Å². The Morgan fingerprint density at radius 1 is 1.00 bits per heavy atom. The first-order valence-electron chi connectivity index (χ1n) is 6.97. The summed E-state index contributed by atoms with van der Waals surface area (Å²) in [6, 6.07) is 9.23. The van der Waals surface area contributed by atoms with Gasteiger partial charge < -0.3 is 4.48 Å². The minimum absolute atomic E-state index is 0.683. The molecule has 1 heteroatoms. The van der Waals surface area contributed by atoms with Gasteiger partial charge in [0.15, 0.2) is 0 Å². The molecule has 0 heterocycles. The molecule has 0 aromatic heterocycles. The van der Waals surface area contributed by atoms with E-state index in [1.165, 1.54) is 30.6 Å². The van der Waals surface area contributed by atoms with E-state index in [0.717, 1.165) is 11.0 Å². The molecular weight excluding hydrogens is 206 g/mol. The standard InChI is InChI=1S/C16H28N/c1-6-14(4)16-11-9-15(10-12-16)13-17(5,7-2)8-3/h9-12,14H,6-8,13H2,1-5H3/q+1. The molecule has 1 rings (SSSR count). The van der Waals surface area contributed by atoms with Crippen LogP contribution in [-0.4, -0.2) is 24.6 Å². The van der Waals surface area contributed by atoms with Crippen molar-refractivity contribution in [3.63, 3.8) is 0 Å². The van der Waals surface area contributed by atoms with Crippen molar-refractivity contribution in [3.05, 3.63) is 35.4 Å². The van der Waals surface area contributed by atoms with Crippen LogP contribution in [0.3, 0.4) is 0 Å². The van der Waals surface area contributed by atoms with Crippen molar-refractivity contribution in [3.8, 4) is 0 Å². The Labute approximate surface area is 107 Å². The Morgan fingerprint density at radius 2 is 1.53 bits per heavy atom. The normalized spacial score (nSPS) is 13.7. The van der Waals surface area contributed by atoms with E-state index in [1.54, 1.807) is 0 Å². The average molecular weight is 234 g/mol. The van der Waals surface area contributed by atoms with Crippen molar-refractivity contribution in [2.24, 2.45) is 0 Å². The van der Waals surface area contributed by atoms with Crippen molar-refractivity contribution < 1.29 is 4.48 Å². The van der Waals surface area contributed by atoms with Gasteiger partial charge in [-0.3, -0.25) is 0 Å². The summed E-state index contributed by atoms with van der Waals surface area (Å²) < 4.78 is 1.13. The Bertz CT molecular complexity index is 322. The van der Waals surface area contributed by atoms with Gasteiger partial charge in [-0.15, -0.1) is 0 Å². The molecule has 17 heavy (non-hydrogen) atoms. The second-order valence-electron chi connectivity index (χ2n) is 5.46. The van der Waals surface area contributed by atoms with Gasteiger partial charge in [0, 0.05) is 5.56 Å². The number of quaternary nitrogens is 1. The van der Waals surface area contributed by atoms with Crippen LogP contribution in [0.15, 0.2) is 24.3 Å². The Balaban J connectivity index is 2.74. The highest BCUT2D eigenvalue weighted by atomic mass is 15.3. The zero-order valence-electron chi connectivity index (χ0n) is 12.2. The summed E-state index contributed by atoms with van der Waals surface area (Å²) in [6.45, 7) is 12.6. The fourth-order valence-corrected chi connectivity index (χ4v) is 2.08. The third-order valence-electron chi connectivity index (χ3n) is 4.25. The molecule has 0 bridgehead atoms. The van der Waals surface area contributed by atoms with Crippen LogP contribution in [0.1, 0.15) is 51.2 Å². The van der Waals surface area contributed by atoms with Crippen molar-refractivity contribution >= 4 is 0 Å². The lowest BCUT2D eigenvalue weighted by Gasteiger charge is -2.32. The van der Waals surface area contributed by atoms with Crippen LogP contribution in [0.5, 0.6) is 0 Å². The monoisotopic (exact) mass is 234 g/mol. The van der Waals surface area contributed by atoms with E-state index in [4.69, 9.17) is 0 Å². The largest absolute Gasteiger partial charge is 0.323 e. The predicted octanol–water partition coefficient (Wildman–Crippen LogP) is 4.19. The van der Waals surface area contributed by atoms with E-state index in [1.807, 2.05) is 0 Å². The quantitative estimate of drug-likeness (QED) is 0.648. The van der Waals surface area contributed by atoms with Crippen LogP contribution in [0, 0.1) is 0 Å². The molecule has 0 radical (unpaired) electrons. The summed E-state index contributed by atoms with van der Waals surface area (Å²) in [7, 11) is 2.34. The summed E-state index contributed by atoms with van der Waals surface area (Å²) in [4.78, 5) is 0. The fraction of sp³-hybridized carbons (Fsp3) is 0.625. The summed E-state index contributed by atoms with van der Waals surface area (Å²) >= 11 is 0. The van der Waals surface area contributed by atoms with E-state index in [9.17, 15) is 0 Å². The molecule has 0 saturated heterocycles. The highest BCUT2D eigenvalue weighted by Gasteiger charge is 2.16. The molecule has 0 aliphatic carbocycles. The lowest BCUT2D eigenvalue weighted by molar-refractivity contribution is -0.919. The van der Waals surface area contributed by atoms with Gasteiger partial charge in [-0.25, -0.2) is 0 Å². The smallest absolute Gasteiger partial charge is 0.104 e. The maximum Gasteiger partial charge on any atom is 0.104 e. The van der Waals surface area contributed by atoms with E-state index < -0.39 is 0 Å². The van der Waals surface area contributed by atoms with Crippen LogP contribution in [-0.2, 0) is 6.54 Å². The molecule has 1 unspecified atom stereocenters. The van der Waals surface area contributed by atoms with Gasteiger partial charge in [0.05, 0.1) is 20.1 Å². The molecule has 1 atom stereocenters. The van der Waals surface area contributed by atoms with Crippen molar-refractivity contribution in [1.29, 1.82) is 0 Å². The molecule has 0 N–H and O–H groups in total. The third kappa shape index (κ3) is 3.85. The van der Waals surface area contributed by atoms with E-state index in [0.29, 0.717) is 5.92 Å². The number of hydrogen-bond acceptors (Lipinski definition) is 0. The average Bonchev–Trinajstić information content (AvgIpc) is 2.38. The van der Waals surface area contributed by atoms with Gasteiger partial charge >= 0.3 is 0 Å². The van der Waals surface area contributed by atoms with E-state index >= 15 is 0 Å². The zero-order chi connectivity index (χ0) is 12.9. The molecule has 1 aromatic carbocycles. The maximum absolute atomic E-state index is 2.34. The molecule has 1 aromatic rings. The number of rotatable bonds is 6. The summed E-state index contributed by atoms with van der Waals surface area (Å²) in [6.07, 6.45) is 1.22. The molecular formula is C16H28N+. The van der Waals surface area contributed by atoms with Gasteiger partial charge in [0.2, 0.25) is 0 Å². The number of nitrogens with zero attached hydrogens (tertiary/aromatic N) is 1. The molecule has 0 saturated carbocycles. The van der Waals surface area contributed by atoms with Crippen LogP contribution in [0.4, 0.5) is 0 Å². The van der Waals surface area contributed by atoms with Crippen molar-refractivity contribution in [2.45, 2.75) is 46.6 Å². The highest BCUT2D eigenvalue weighted by Crippen LogP contribution is 2.20. The maximum atomic E-state index is 2.34. The van der Waals surface area contributed by atoms with Crippen LogP contribution >= 0.6 is 0 Å². The van der Waals surface area contributed by atoms with Gasteiger partial charge in [-0.1, -0.05) is 38.1 Å². The number of benzene rings is 1. The van der Waals surface area contributed by atoms with E-state index in [-0.39, 0.29) is 0 Å². The Hall–Kier alpha value is -0.820. The van der Waals surface area contributed by atoms with Crippen LogP contribution < -0.4 is 0 Å². The molecule has 0 amide bonds. The number of hydrogen-bond donors (Lipinski definition) is 0. The first-order chi connectivity index (χ1) is 8.04. The topological polar surface area (TPSA) is 0 Å². The minimum Gasteiger partial charge on any atom is -0.323 e. The van der Waals surface area contributed by atoms with Gasteiger partial charge in [0.1, 0.15) is 6.54 Å². The minimum atomic E-state index is 0.683. The lowest BCUT2D eigenvalue weighted by atomic mass is 9.97. The van der Waals surface area contributed by atoms with Gasteiger partial charge in [-0.2, -0.15) is 0 Å². The summed E-state index contributed by atoms with van der Waals surface area (Å²) in [5, 5.41) is 0. The van der Waals surface area contributed by atoms with E-state index in [2.05, 4.69) is 59.0 Å². The predicted molar refractivity (Wildman–Crippen MR) is 76.1 cm³/mol. The molecule has 0 spiro atoms. The Morgan fingerprint density at radius 3 is 1.94 bits per heavy atom. The van der Waals surface area contributed by atoms with Gasteiger partial charge in [-0.05, 0) is 31.7 Å². The SMILES string of the molecule is CCC(C)c1ccc(C[N+](C)(CC)CC)cc1. The molecule has 0 aliphatic rings. The summed E-state index contributed by atoms with van der Waals surface area (Å²) in [5.41, 5.74) is 2.93. The Kier molecular flexibility index (Phi) is 5.20. The zero-order valence-corrected chi connectivity index (χ0v) is 12.2. The second kappa shape index (κ2) is 6.20.